The van der Waals surface area contributed by atoms with Crippen LogP contribution in [0.5, 0.6) is 5.75 Å². The average Bonchev–Trinajstić information content (AvgIpc) is 2.86. The van der Waals surface area contributed by atoms with E-state index in [1.165, 1.54) is 0 Å². The second kappa shape index (κ2) is 6.06. The molecule has 1 aromatic carbocycles. The fourth-order valence-electron chi connectivity index (χ4n) is 2.60. The molecule has 4 heteroatoms. The molecule has 1 amide bonds. The smallest absolute Gasteiger partial charge is 0.260 e. The van der Waals surface area contributed by atoms with Crippen LogP contribution in [0, 0.1) is 13.8 Å². The average molecular weight is 263 g/mol. The Morgan fingerprint density at radius 3 is 2.74 bits per heavy atom. The van der Waals surface area contributed by atoms with Crippen LogP contribution in [-0.4, -0.2) is 41.7 Å². The maximum absolute atomic E-state index is 12.1. The van der Waals surface area contributed by atoms with E-state index < -0.39 is 0 Å². The lowest BCUT2D eigenvalue weighted by atomic mass is 10.1. The van der Waals surface area contributed by atoms with Gasteiger partial charge in [0, 0.05) is 6.54 Å². The largest absolute Gasteiger partial charge is 0.483 e. The summed E-state index contributed by atoms with van der Waals surface area (Å²) in [6.07, 6.45) is 1.84. The molecule has 0 saturated carbocycles. The lowest BCUT2D eigenvalue weighted by molar-refractivity contribution is -0.134. The zero-order chi connectivity index (χ0) is 13.8. The van der Waals surface area contributed by atoms with Gasteiger partial charge in [0.15, 0.2) is 6.61 Å². The van der Waals surface area contributed by atoms with Gasteiger partial charge in [0.25, 0.3) is 5.91 Å². The van der Waals surface area contributed by atoms with Gasteiger partial charge in [0.2, 0.25) is 0 Å². The molecule has 104 valence electrons. The number of aliphatic hydroxyl groups is 1. The van der Waals surface area contributed by atoms with Crippen molar-refractivity contribution in [3.63, 3.8) is 0 Å². The van der Waals surface area contributed by atoms with Gasteiger partial charge in [-0.15, -0.1) is 0 Å². The van der Waals surface area contributed by atoms with E-state index in [4.69, 9.17) is 4.74 Å². The van der Waals surface area contributed by atoms with Gasteiger partial charge in [-0.05, 0) is 37.8 Å². The highest BCUT2D eigenvalue weighted by molar-refractivity contribution is 5.78. The molecule has 1 aromatic rings. The monoisotopic (exact) mass is 263 g/mol. The number of likely N-dealkylation sites (tertiary alicyclic amines) is 1. The predicted octanol–water partition coefficient (Wildman–Crippen LogP) is 1.67. The Morgan fingerprint density at radius 1 is 1.42 bits per heavy atom. The van der Waals surface area contributed by atoms with Crippen LogP contribution in [0.1, 0.15) is 24.0 Å². The Balaban J connectivity index is 1.97. The summed E-state index contributed by atoms with van der Waals surface area (Å²) < 4.78 is 5.66. The summed E-state index contributed by atoms with van der Waals surface area (Å²) in [6, 6.07) is 5.88. The number of aryl methyl sites for hydroxylation is 2. The third-order valence-electron chi connectivity index (χ3n) is 3.66. The first-order valence-electron chi connectivity index (χ1n) is 6.73. The third kappa shape index (κ3) is 3.07. The number of hydrogen-bond donors (Lipinski definition) is 1. The zero-order valence-electron chi connectivity index (χ0n) is 11.6. The van der Waals surface area contributed by atoms with Crippen molar-refractivity contribution >= 4 is 5.91 Å². The van der Waals surface area contributed by atoms with Crippen LogP contribution >= 0.6 is 0 Å². The molecule has 4 nitrogen and oxygen atoms in total. The molecule has 2 rings (SSSR count). The molecule has 0 aromatic heterocycles. The van der Waals surface area contributed by atoms with Gasteiger partial charge in [-0.3, -0.25) is 4.79 Å². The first kappa shape index (κ1) is 13.9. The summed E-state index contributed by atoms with van der Waals surface area (Å²) in [6.45, 7) is 4.75. The molecule has 0 unspecified atom stereocenters. The van der Waals surface area contributed by atoms with E-state index in [-0.39, 0.29) is 25.2 Å². The van der Waals surface area contributed by atoms with Crippen molar-refractivity contribution in [1.29, 1.82) is 0 Å². The van der Waals surface area contributed by atoms with Crippen LogP contribution in [0.25, 0.3) is 0 Å². The Labute approximate surface area is 114 Å². The highest BCUT2D eigenvalue weighted by Gasteiger charge is 2.28. The van der Waals surface area contributed by atoms with Crippen molar-refractivity contribution in [3.8, 4) is 5.75 Å². The van der Waals surface area contributed by atoms with E-state index in [0.717, 1.165) is 36.3 Å². The number of carbonyl (C=O) groups is 1. The number of rotatable bonds is 4. The number of carbonyl (C=O) groups excluding carboxylic acids is 1. The number of nitrogens with zero attached hydrogens (tertiary/aromatic N) is 1. The Bertz CT molecular complexity index is 438. The first-order valence-corrected chi connectivity index (χ1v) is 6.73. The minimum absolute atomic E-state index is 0.0333. The fraction of sp³-hybridized carbons (Fsp3) is 0.533. The number of aliphatic hydroxyl groups excluding tert-OH is 1. The van der Waals surface area contributed by atoms with Crippen LogP contribution in [0.15, 0.2) is 18.2 Å². The normalized spacial score (nSPS) is 18.7. The van der Waals surface area contributed by atoms with E-state index >= 15 is 0 Å². The van der Waals surface area contributed by atoms with Crippen molar-refractivity contribution < 1.29 is 14.6 Å². The van der Waals surface area contributed by atoms with E-state index in [9.17, 15) is 9.90 Å². The molecular formula is C15H21NO3. The minimum Gasteiger partial charge on any atom is -0.483 e. The van der Waals surface area contributed by atoms with Crippen LogP contribution in [0.3, 0.4) is 0 Å². The molecule has 1 saturated heterocycles. The topological polar surface area (TPSA) is 49.8 Å². The van der Waals surface area contributed by atoms with E-state index in [1.807, 2.05) is 32.0 Å². The fourth-order valence-corrected chi connectivity index (χ4v) is 2.60. The molecule has 0 radical (unpaired) electrons. The van der Waals surface area contributed by atoms with Gasteiger partial charge in [-0.2, -0.15) is 0 Å². The lowest BCUT2D eigenvalue weighted by Gasteiger charge is -2.23. The standard InChI is InChI=1S/C15H21NO3/c1-11-5-3-6-12(2)15(11)19-10-14(18)16-8-4-7-13(16)9-17/h3,5-6,13,17H,4,7-10H2,1-2H3/t13-/m0/s1. The molecule has 0 spiro atoms. The number of amides is 1. The number of para-hydroxylation sites is 1. The summed E-state index contributed by atoms with van der Waals surface area (Å²) in [5.41, 5.74) is 2.07. The van der Waals surface area contributed by atoms with Gasteiger partial charge in [0.1, 0.15) is 5.75 Å². The third-order valence-corrected chi connectivity index (χ3v) is 3.66. The summed E-state index contributed by atoms with van der Waals surface area (Å²) >= 11 is 0. The van der Waals surface area contributed by atoms with Crippen molar-refractivity contribution in [2.75, 3.05) is 19.8 Å². The van der Waals surface area contributed by atoms with Gasteiger partial charge in [0.05, 0.1) is 12.6 Å². The Kier molecular flexibility index (Phi) is 4.43. The van der Waals surface area contributed by atoms with Crippen molar-refractivity contribution in [2.24, 2.45) is 0 Å². The summed E-state index contributed by atoms with van der Waals surface area (Å²) in [4.78, 5) is 13.8. The summed E-state index contributed by atoms with van der Waals surface area (Å²) in [7, 11) is 0. The predicted molar refractivity (Wildman–Crippen MR) is 73.2 cm³/mol. The maximum atomic E-state index is 12.1. The first-order chi connectivity index (χ1) is 9.13. The van der Waals surface area contributed by atoms with Crippen molar-refractivity contribution in [1.82, 2.24) is 4.90 Å². The molecule has 19 heavy (non-hydrogen) atoms. The minimum atomic E-state index is -0.0424. The number of ether oxygens (including phenoxy) is 1. The molecule has 0 bridgehead atoms. The second-order valence-corrected chi connectivity index (χ2v) is 5.08. The summed E-state index contributed by atoms with van der Waals surface area (Å²) in [5, 5.41) is 9.22. The lowest BCUT2D eigenvalue weighted by Crippen LogP contribution is -2.40. The van der Waals surface area contributed by atoms with E-state index in [1.54, 1.807) is 4.90 Å². The maximum Gasteiger partial charge on any atom is 0.260 e. The molecule has 1 heterocycles. The Morgan fingerprint density at radius 2 is 2.11 bits per heavy atom. The van der Waals surface area contributed by atoms with E-state index in [0.29, 0.717) is 0 Å². The zero-order valence-corrected chi connectivity index (χ0v) is 11.6. The highest BCUT2D eigenvalue weighted by atomic mass is 16.5. The molecule has 1 aliphatic rings. The van der Waals surface area contributed by atoms with Crippen LogP contribution in [0.4, 0.5) is 0 Å². The van der Waals surface area contributed by atoms with Crippen LogP contribution in [0.2, 0.25) is 0 Å². The van der Waals surface area contributed by atoms with Crippen molar-refractivity contribution in [3.05, 3.63) is 29.3 Å². The van der Waals surface area contributed by atoms with Gasteiger partial charge in [-0.1, -0.05) is 18.2 Å². The molecular weight excluding hydrogens is 242 g/mol. The number of benzene rings is 1. The van der Waals surface area contributed by atoms with Crippen molar-refractivity contribution in [2.45, 2.75) is 32.7 Å². The molecule has 1 fully saturated rings. The van der Waals surface area contributed by atoms with E-state index in [2.05, 4.69) is 0 Å². The molecule has 1 atom stereocenters. The van der Waals surface area contributed by atoms with Crippen LogP contribution in [-0.2, 0) is 4.79 Å². The molecule has 1 aliphatic heterocycles. The summed E-state index contributed by atoms with van der Waals surface area (Å²) in [5.74, 6) is 0.745. The van der Waals surface area contributed by atoms with Gasteiger partial charge >= 0.3 is 0 Å². The molecule has 1 N–H and O–H groups in total. The van der Waals surface area contributed by atoms with Crippen LogP contribution < -0.4 is 4.74 Å². The number of hydrogen-bond acceptors (Lipinski definition) is 3. The Hall–Kier alpha value is -1.55. The quantitative estimate of drug-likeness (QED) is 0.899. The highest BCUT2D eigenvalue weighted by Crippen LogP contribution is 2.23. The SMILES string of the molecule is Cc1cccc(C)c1OCC(=O)N1CCC[C@H]1CO. The van der Waals surface area contributed by atoms with Gasteiger partial charge in [-0.25, -0.2) is 0 Å². The van der Waals surface area contributed by atoms with Gasteiger partial charge < -0.3 is 14.7 Å². The molecule has 0 aliphatic carbocycles. The second-order valence-electron chi connectivity index (χ2n) is 5.08.